The topological polar surface area (TPSA) is 55.5 Å². The Bertz CT molecular complexity index is 560. The molecule has 4 heteroatoms. The van der Waals surface area contributed by atoms with Crippen molar-refractivity contribution < 1.29 is 9.84 Å². The third-order valence-electron chi connectivity index (χ3n) is 3.37. The minimum Gasteiger partial charge on any atom is -0.496 e. The third kappa shape index (κ3) is 3.12. The first-order chi connectivity index (χ1) is 9.67. The number of halogens is 1. The van der Waals surface area contributed by atoms with E-state index in [9.17, 15) is 5.11 Å². The number of benzene rings is 2. The van der Waals surface area contributed by atoms with Crippen LogP contribution in [0.25, 0.3) is 0 Å². The molecular weight excluding hydrogens is 274 g/mol. The van der Waals surface area contributed by atoms with E-state index in [1.807, 2.05) is 30.3 Å². The highest BCUT2D eigenvalue weighted by Gasteiger charge is 2.24. The SMILES string of the molecule is COc1ccc(Cl)cc1C(O)C(CN)c1ccccc1. The Kier molecular flexibility index (Phi) is 5.01. The average Bonchev–Trinajstić information content (AvgIpc) is 2.49. The van der Waals surface area contributed by atoms with Crippen molar-refractivity contribution in [3.8, 4) is 5.75 Å². The zero-order chi connectivity index (χ0) is 14.5. The Morgan fingerprint density at radius 1 is 1.20 bits per heavy atom. The molecule has 0 aromatic heterocycles. The summed E-state index contributed by atoms with van der Waals surface area (Å²) in [6, 6.07) is 14.9. The van der Waals surface area contributed by atoms with Gasteiger partial charge in [-0.1, -0.05) is 41.9 Å². The van der Waals surface area contributed by atoms with E-state index in [2.05, 4.69) is 0 Å². The van der Waals surface area contributed by atoms with Gasteiger partial charge in [-0.05, 0) is 23.8 Å². The van der Waals surface area contributed by atoms with Crippen molar-refractivity contribution in [1.29, 1.82) is 0 Å². The fourth-order valence-corrected chi connectivity index (χ4v) is 2.48. The molecule has 3 N–H and O–H groups in total. The maximum atomic E-state index is 10.7. The molecule has 20 heavy (non-hydrogen) atoms. The molecule has 2 rings (SSSR count). The molecule has 2 aromatic carbocycles. The molecular formula is C16H18ClNO2. The van der Waals surface area contributed by atoms with Crippen LogP contribution >= 0.6 is 11.6 Å². The molecule has 0 saturated carbocycles. The van der Waals surface area contributed by atoms with Crippen molar-refractivity contribution in [2.45, 2.75) is 12.0 Å². The van der Waals surface area contributed by atoms with E-state index in [-0.39, 0.29) is 5.92 Å². The van der Waals surface area contributed by atoms with Crippen LogP contribution in [0.2, 0.25) is 5.02 Å². The molecule has 0 amide bonds. The predicted molar refractivity (Wildman–Crippen MR) is 81.2 cm³/mol. The van der Waals surface area contributed by atoms with E-state index in [0.29, 0.717) is 22.9 Å². The van der Waals surface area contributed by atoms with Crippen LogP contribution in [0, 0.1) is 0 Å². The summed E-state index contributed by atoms with van der Waals surface area (Å²) in [4.78, 5) is 0. The number of aliphatic hydroxyl groups excluding tert-OH is 1. The molecule has 0 spiro atoms. The third-order valence-corrected chi connectivity index (χ3v) is 3.61. The number of hydrogen-bond acceptors (Lipinski definition) is 3. The molecule has 3 nitrogen and oxygen atoms in total. The molecule has 0 aliphatic carbocycles. The first-order valence-corrected chi connectivity index (χ1v) is 6.81. The minimum atomic E-state index is -0.768. The lowest BCUT2D eigenvalue weighted by atomic mass is 9.89. The van der Waals surface area contributed by atoms with Crippen LogP contribution in [-0.2, 0) is 0 Å². The van der Waals surface area contributed by atoms with E-state index in [1.165, 1.54) is 0 Å². The maximum absolute atomic E-state index is 10.7. The number of ether oxygens (including phenoxy) is 1. The monoisotopic (exact) mass is 291 g/mol. The highest BCUT2D eigenvalue weighted by molar-refractivity contribution is 6.30. The Morgan fingerprint density at radius 2 is 1.90 bits per heavy atom. The molecule has 0 saturated heterocycles. The second-order valence-corrected chi connectivity index (χ2v) is 5.02. The van der Waals surface area contributed by atoms with Gasteiger partial charge in [-0.25, -0.2) is 0 Å². The molecule has 2 aromatic rings. The molecule has 0 radical (unpaired) electrons. The van der Waals surface area contributed by atoms with Crippen molar-refractivity contribution in [3.63, 3.8) is 0 Å². The summed E-state index contributed by atoms with van der Waals surface area (Å²) < 4.78 is 5.29. The molecule has 2 unspecified atom stereocenters. The quantitative estimate of drug-likeness (QED) is 0.890. The van der Waals surface area contributed by atoms with Crippen LogP contribution in [-0.4, -0.2) is 18.8 Å². The molecule has 106 valence electrons. The predicted octanol–water partition coefficient (Wildman–Crippen LogP) is 3.12. The minimum absolute atomic E-state index is 0.205. The lowest BCUT2D eigenvalue weighted by Gasteiger charge is -2.24. The lowest BCUT2D eigenvalue weighted by Crippen LogP contribution is -2.20. The fraction of sp³-hybridized carbons (Fsp3) is 0.250. The number of aliphatic hydroxyl groups is 1. The van der Waals surface area contributed by atoms with Crippen LogP contribution in [0.4, 0.5) is 0 Å². The van der Waals surface area contributed by atoms with Crippen LogP contribution in [0.5, 0.6) is 5.75 Å². The van der Waals surface area contributed by atoms with Crippen LogP contribution < -0.4 is 10.5 Å². The van der Waals surface area contributed by atoms with Gasteiger partial charge >= 0.3 is 0 Å². The summed E-state index contributed by atoms with van der Waals surface area (Å²) >= 11 is 6.01. The van der Waals surface area contributed by atoms with Gasteiger partial charge in [-0.3, -0.25) is 0 Å². The smallest absolute Gasteiger partial charge is 0.124 e. The standard InChI is InChI=1S/C16H18ClNO2/c1-20-15-8-7-12(17)9-13(15)16(19)14(10-18)11-5-3-2-4-6-11/h2-9,14,16,19H,10,18H2,1H3. The largest absolute Gasteiger partial charge is 0.496 e. The Hall–Kier alpha value is -1.55. The van der Waals surface area contributed by atoms with Gasteiger partial charge in [0.2, 0.25) is 0 Å². The van der Waals surface area contributed by atoms with E-state index in [4.69, 9.17) is 22.1 Å². The Labute approximate surface area is 123 Å². The first-order valence-electron chi connectivity index (χ1n) is 6.44. The number of methoxy groups -OCH3 is 1. The molecule has 0 bridgehead atoms. The Morgan fingerprint density at radius 3 is 2.50 bits per heavy atom. The van der Waals surface area contributed by atoms with Gasteiger partial charge in [0.1, 0.15) is 5.75 Å². The second kappa shape index (κ2) is 6.75. The van der Waals surface area contributed by atoms with Crippen LogP contribution in [0.3, 0.4) is 0 Å². The van der Waals surface area contributed by atoms with E-state index >= 15 is 0 Å². The number of nitrogens with two attached hydrogens (primary N) is 1. The molecule has 0 aliphatic rings. The summed E-state index contributed by atoms with van der Waals surface area (Å²) in [7, 11) is 1.57. The lowest BCUT2D eigenvalue weighted by molar-refractivity contribution is 0.144. The molecule has 2 atom stereocenters. The van der Waals surface area contributed by atoms with Crippen molar-refractivity contribution in [3.05, 3.63) is 64.7 Å². The fourth-order valence-electron chi connectivity index (χ4n) is 2.30. The highest BCUT2D eigenvalue weighted by atomic mass is 35.5. The normalized spacial score (nSPS) is 13.8. The molecule has 0 heterocycles. The average molecular weight is 292 g/mol. The summed E-state index contributed by atoms with van der Waals surface area (Å²) in [5.74, 6) is 0.403. The van der Waals surface area contributed by atoms with Gasteiger partial charge in [0.25, 0.3) is 0 Å². The maximum Gasteiger partial charge on any atom is 0.124 e. The van der Waals surface area contributed by atoms with Gasteiger partial charge in [-0.2, -0.15) is 0 Å². The van der Waals surface area contributed by atoms with E-state index < -0.39 is 6.10 Å². The van der Waals surface area contributed by atoms with Gasteiger partial charge < -0.3 is 15.6 Å². The first kappa shape index (κ1) is 14.9. The summed E-state index contributed by atoms with van der Waals surface area (Å²) in [5.41, 5.74) is 7.48. The summed E-state index contributed by atoms with van der Waals surface area (Å²) in [6.07, 6.45) is -0.768. The summed E-state index contributed by atoms with van der Waals surface area (Å²) in [6.45, 7) is 0.334. The van der Waals surface area contributed by atoms with E-state index in [1.54, 1.807) is 25.3 Å². The molecule has 0 aliphatic heterocycles. The number of hydrogen-bond donors (Lipinski definition) is 2. The number of rotatable bonds is 5. The zero-order valence-electron chi connectivity index (χ0n) is 11.3. The molecule has 0 fully saturated rings. The van der Waals surface area contributed by atoms with Gasteiger partial charge in [0.05, 0.1) is 13.2 Å². The van der Waals surface area contributed by atoms with Crippen LogP contribution in [0.15, 0.2) is 48.5 Å². The summed E-state index contributed by atoms with van der Waals surface area (Å²) in [5, 5.41) is 11.2. The van der Waals surface area contributed by atoms with Crippen molar-refractivity contribution in [2.75, 3.05) is 13.7 Å². The van der Waals surface area contributed by atoms with Gasteiger partial charge in [0, 0.05) is 23.0 Å². The van der Waals surface area contributed by atoms with Crippen molar-refractivity contribution >= 4 is 11.6 Å². The second-order valence-electron chi connectivity index (χ2n) is 4.58. The van der Waals surface area contributed by atoms with Gasteiger partial charge in [0.15, 0.2) is 0 Å². The highest BCUT2D eigenvalue weighted by Crippen LogP contribution is 2.36. The van der Waals surface area contributed by atoms with Crippen molar-refractivity contribution in [2.24, 2.45) is 5.73 Å². The Balaban J connectivity index is 2.38. The zero-order valence-corrected chi connectivity index (χ0v) is 12.0. The van der Waals surface area contributed by atoms with Crippen LogP contribution in [0.1, 0.15) is 23.1 Å². The van der Waals surface area contributed by atoms with E-state index in [0.717, 1.165) is 5.56 Å². The van der Waals surface area contributed by atoms with Crippen molar-refractivity contribution in [1.82, 2.24) is 0 Å². The van der Waals surface area contributed by atoms with Gasteiger partial charge in [-0.15, -0.1) is 0 Å².